The maximum Gasteiger partial charge on any atom is 0.313 e. The van der Waals surface area contributed by atoms with Gasteiger partial charge in [0.05, 0.1) is 5.41 Å². The second-order valence-electron chi connectivity index (χ2n) is 4.50. The highest BCUT2D eigenvalue weighted by atomic mass is 16.7. The van der Waals surface area contributed by atoms with Crippen molar-refractivity contribution in [1.82, 2.24) is 0 Å². The lowest BCUT2D eigenvalue weighted by Gasteiger charge is -2.24. The van der Waals surface area contributed by atoms with Crippen molar-refractivity contribution in [3.8, 4) is 0 Å². The molecular formula is C10H20O3. The molecule has 13 heavy (non-hydrogen) atoms. The summed E-state index contributed by atoms with van der Waals surface area (Å²) in [6.07, 6.45) is -0.438. The van der Waals surface area contributed by atoms with Crippen LogP contribution in [-0.4, -0.2) is 19.4 Å². The van der Waals surface area contributed by atoms with Crippen LogP contribution >= 0.6 is 0 Å². The lowest BCUT2D eigenvalue weighted by molar-refractivity contribution is -0.190. The molecule has 0 radical (unpaired) electrons. The van der Waals surface area contributed by atoms with Crippen LogP contribution < -0.4 is 0 Å². The smallest absolute Gasteiger partial charge is 0.313 e. The highest BCUT2D eigenvalue weighted by Gasteiger charge is 2.27. The van der Waals surface area contributed by atoms with E-state index in [0.717, 1.165) is 0 Å². The van der Waals surface area contributed by atoms with Gasteiger partial charge in [-0.3, -0.25) is 4.79 Å². The molecule has 0 saturated heterocycles. The van der Waals surface area contributed by atoms with Gasteiger partial charge in [0.25, 0.3) is 0 Å². The van der Waals surface area contributed by atoms with Gasteiger partial charge in [0, 0.05) is 13.0 Å². The predicted octanol–water partition coefficient (Wildman–Crippen LogP) is 2.20. The van der Waals surface area contributed by atoms with Gasteiger partial charge in [-0.25, -0.2) is 0 Å². The molecule has 0 aliphatic carbocycles. The summed E-state index contributed by atoms with van der Waals surface area (Å²) >= 11 is 0. The quantitative estimate of drug-likeness (QED) is 0.503. The molecule has 0 aromatic rings. The van der Waals surface area contributed by atoms with Crippen molar-refractivity contribution in [2.24, 2.45) is 11.3 Å². The number of carbonyl (C=O) groups is 1. The van der Waals surface area contributed by atoms with Crippen LogP contribution in [0.5, 0.6) is 0 Å². The first-order chi connectivity index (χ1) is 5.79. The molecular weight excluding hydrogens is 168 g/mol. The number of esters is 1. The molecule has 0 aromatic carbocycles. The Hall–Kier alpha value is -0.570. The summed E-state index contributed by atoms with van der Waals surface area (Å²) in [7, 11) is 1.54. The molecule has 0 aromatic heterocycles. The zero-order chi connectivity index (χ0) is 10.6. The van der Waals surface area contributed by atoms with Crippen LogP contribution in [0, 0.1) is 11.3 Å². The Balaban J connectivity index is 4.18. The molecule has 0 N–H and O–H groups in total. The molecule has 0 amide bonds. The second-order valence-corrected chi connectivity index (χ2v) is 4.50. The Morgan fingerprint density at radius 2 is 1.69 bits per heavy atom. The summed E-state index contributed by atoms with van der Waals surface area (Å²) in [6, 6.07) is 0. The van der Waals surface area contributed by atoms with Gasteiger partial charge < -0.3 is 9.47 Å². The van der Waals surface area contributed by atoms with Crippen LogP contribution in [-0.2, 0) is 14.3 Å². The molecule has 1 atom stereocenters. The van der Waals surface area contributed by atoms with E-state index < -0.39 is 11.7 Å². The predicted molar refractivity (Wildman–Crippen MR) is 51.2 cm³/mol. The van der Waals surface area contributed by atoms with E-state index in [-0.39, 0.29) is 11.9 Å². The third-order valence-electron chi connectivity index (χ3n) is 1.61. The van der Waals surface area contributed by atoms with Gasteiger partial charge >= 0.3 is 5.97 Å². The molecule has 3 nitrogen and oxygen atoms in total. The number of ether oxygens (including phenoxy) is 2. The van der Waals surface area contributed by atoms with Crippen LogP contribution in [0.1, 0.15) is 34.6 Å². The molecule has 0 saturated carbocycles. The van der Waals surface area contributed by atoms with Crippen molar-refractivity contribution in [1.29, 1.82) is 0 Å². The second kappa shape index (κ2) is 4.61. The maximum atomic E-state index is 11.4. The molecule has 78 valence electrons. The van der Waals surface area contributed by atoms with E-state index in [4.69, 9.17) is 9.47 Å². The summed E-state index contributed by atoms with van der Waals surface area (Å²) in [5.41, 5.74) is -0.467. The van der Waals surface area contributed by atoms with Crippen molar-refractivity contribution < 1.29 is 14.3 Å². The SMILES string of the molecule is COC(OC(=O)C(C)(C)C)C(C)C. The van der Waals surface area contributed by atoms with Crippen molar-refractivity contribution in [3.05, 3.63) is 0 Å². The lowest BCUT2D eigenvalue weighted by Crippen LogP contribution is -2.32. The summed E-state index contributed by atoms with van der Waals surface area (Å²) in [6.45, 7) is 9.36. The van der Waals surface area contributed by atoms with Crippen molar-refractivity contribution in [2.45, 2.75) is 40.9 Å². The minimum absolute atomic E-state index is 0.177. The first-order valence-electron chi connectivity index (χ1n) is 4.53. The van der Waals surface area contributed by atoms with Crippen LogP contribution in [0.4, 0.5) is 0 Å². The van der Waals surface area contributed by atoms with Gasteiger partial charge in [0.1, 0.15) is 0 Å². The normalized spacial score (nSPS) is 14.4. The molecule has 0 bridgehead atoms. The van der Waals surface area contributed by atoms with E-state index in [1.54, 1.807) is 7.11 Å². The Morgan fingerprint density at radius 3 is 1.92 bits per heavy atom. The summed E-state index contributed by atoms with van der Waals surface area (Å²) in [5.74, 6) is -0.0515. The minimum atomic E-state index is -0.467. The van der Waals surface area contributed by atoms with Gasteiger partial charge in [0.2, 0.25) is 6.29 Å². The number of hydrogen-bond donors (Lipinski definition) is 0. The van der Waals surface area contributed by atoms with Crippen LogP contribution in [0.15, 0.2) is 0 Å². The molecule has 0 aliphatic heterocycles. The monoisotopic (exact) mass is 188 g/mol. The average molecular weight is 188 g/mol. The van der Waals surface area contributed by atoms with E-state index in [2.05, 4.69) is 0 Å². The fourth-order valence-electron chi connectivity index (χ4n) is 0.739. The van der Waals surface area contributed by atoms with Crippen molar-refractivity contribution in [2.75, 3.05) is 7.11 Å². The van der Waals surface area contributed by atoms with Crippen LogP contribution in [0.25, 0.3) is 0 Å². The van der Waals surface area contributed by atoms with Gasteiger partial charge in [-0.05, 0) is 20.8 Å². The number of rotatable bonds is 3. The van der Waals surface area contributed by atoms with E-state index in [1.165, 1.54) is 0 Å². The van der Waals surface area contributed by atoms with Gasteiger partial charge in [0.15, 0.2) is 0 Å². The molecule has 0 heterocycles. The highest BCUT2D eigenvalue weighted by molar-refractivity contribution is 5.75. The van der Waals surface area contributed by atoms with Crippen molar-refractivity contribution in [3.63, 3.8) is 0 Å². The molecule has 0 spiro atoms. The van der Waals surface area contributed by atoms with Crippen LogP contribution in [0.3, 0.4) is 0 Å². The Labute approximate surface area is 80.4 Å². The Bertz CT molecular complexity index is 167. The Kier molecular flexibility index (Phi) is 4.40. The topological polar surface area (TPSA) is 35.5 Å². The number of methoxy groups -OCH3 is 1. The molecule has 1 unspecified atom stereocenters. The highest BCUT2D eigenvalue weighted by Crippen LogP contribution is 2.18. The number of carbonyl (C=O) groups excluding carboxylic acids is 1. The zero-order valence-electron chi connectivity index (χ0n) is 9.38. The summed E-state index contributed by atoms with van der Waals surface area (Å²) < 4.78 is 10.2. The van der Waals surface area contributed by atoms with Gasteiger partial charge in [-0.2, -0.15) is 0 Å². The van der Waals surface area contributed by atoms with Gasteiger partial charge in [-0.1, -0.05) is 13.8 Å². The summed E-state index contributed by atoms with van der Waals surface area (Å²) in [4.78, 5) is 11.4. The fourth-order valence-corrected chi connectivity index (χ4v) is 0.739. The standard InChI is InChI=1S/C10H20O3/c1-7(2)8(12-6)13-9(11)10(3,4)5/h7-8H,1-6H3. The fraction of sp³-hybridized carbons (Fsp3) is 0.900. The van der Waals surface area contributed by atoms with E-state index >= 15 is 0 Å². The van der Waals surface area contributed by atoms with Crippen molar-refractivity contribution >= 4 is 5.97 Å². The average Bonchev–Trinajstić information content (AvgIpc) is 1.96. The van der Waals surface area contributed by atoms with E-state index in [9.17, 15) is 4.79 Å². The third-order valence-corrected chi connectivity index (χ3v) is 1.61. The maximum absolute atomic E-state index is 11.4. The zero-order valence-corrected chi connectivity index (χ0v) is 9.38. The van der Waals surface area contributed by atoms with E-state index in [1.807, 2.05) is 34.6 Å². The third kappa shape index (κ3) is 4.27. The molecule has 0 fully saturated rings. The molecule has 0 aliphatic rings. The Morgan fingerprint density at radius 1 is 1.23 bits per heavy atom. The minimum Gasteiger partial charge on any atom is -0.435 e. The summed E-state index contributed by atoms with van der Waals surface area (Å²) in [5, 5.41) is 0. The molecule has 3 heteroatoms. The number of hydrogen-bond acceptors (Lipinski definition) is 3. The largest absolute Gasteiger partial charge is 0.435 e. The first-order valence-corrected chi connectivity index (χ1v) is 4.53. The molecule has 0 rings (SSSR count). The van der Waals surface area contributed by atoms with Crippen LogP contribution in [0.2, 0.25) is 0 Å². The van der Waals surface area contributed by atoms with E-state index in [0.29, 0.717) is 0 Å². The lowest BCUT2D eigenvalue weighted by atomic mass is 9.97. The first kappa shape index (κ1) is 12.4. The van der Waals surface area contributed by atoms with Gasteiger partial charge in [-0.15, -0.1) is 0 Å².